The van der Waals surface area contributed by atoms with Gasteiger partial charge in [0.15, 0.2) is 0 Å². The van der Waals surface area contributed by atoms with Gasteiger partial charge in [-0.3, -0.25) is 4.68 Å². The molecule has 0 fully saturated rings. The third kappa shape index (κ3) is 3.25. The molecule has 1 heterocycles. The van der Waals surface area contributed by atoms with Crippen LogP contribution in [0.1, 0.15) is 29.9 Å². The van der Waals surface area contributed by atoms with Gasteiger partial charge in [-0.1, -0.05) is 41.1 Å². The molecule has 0 aliphatic heterocycles. The second-order valence-corrected chi connectivity index (χ2v) is 5.53. The molecule has 19 heavy (non-hydrogen) atoms. The monoisotopic (exact) mass is 321 g/mol. The summed E-state index contributed by atoms with van der Waals surface area (Å²) in [7, 11) is 4.02. The molecule has 0 aliphatic carbocycles. The molecule has 4 heteroatoms. The first-order valence-corrected chi connectivity index (χ1v) is 7.38. The smallest absolute Gasteiger partial charge is 0.0624 e. The van der Waals surface area contributed by atoms with Crippen LogP contribution in [0, 0.1) is 0 Å². The average molecular weight is 322 g/mol. The number of rotatable bonds is 5. The number of likely N-dealkylation sites (N-methyl/N-ethyl adjacent to an activating group) is 1. The zero-order valence-electron chi connectivity index (χ0n) is 11.7. The Hall–Kier alpha value is -1.13. The molecule has 0 bridgehead atoms. The second kappa shape index (κ2) is 6.35. The number of hydrogen-bond acceptors (Lipinski definition) is 2. The van der Waals surface area contributed by atoms with Crippen LogP contribution < -0.4 is 5.32 Å². The molecule has 0 spiro atoms. The number of benzene rings is 1. The molecule has 0 saturated carbocycles. The van der Waals surface area contributed by atoms with Gasteiger partial charge in [0.25, 0.3) is 0 Å². The minimum Gasteiger partial charge on any atom is -0.313 e. The lowest BCUT2D eigenvalue weighted by molar-refractivity contribution is 0.559. The van der Waals surface area contributed by atoms with Crippen molar-refractivity contribution in [2.24, 2.45) is 7.05 Å². The van der Waals surface area contributed by atoms with Gasteiger partial charge < -0.3 is 5.32 Å². The van der Waals surface area contributed by atoms with Crippen LogP contribution in [0.15, 0.2) is 34.8 Å². The summed E-state index contributed by atoms with van der Waals surface area (Å²) in [5.74, 6) is 0. The number of nitrogens with zero attached hydrogens (tertiary/aromatic N) is 2. The summed E-state index contributed by atoms with van der Waals surface area (Å²) in [6.07, 6.45) is 1.91. The van der Waals surface area contributed by atoms with Crippen molar-refractivity contribution < 1.29 is 0 Å². The van der Waals surface area contributed by atoms with E-state index in [0.717, 1.165) is 23.0 Å². The maximum absolute atomic E-state index is 4.51. The quantitative estimate of drug-likeness (QED) is 0.916. The molecule has 0 radical (unpaired) electrons. The van der Waals surface area contributed by atoms with E-state index in [1.807, 2.05) is 24.8 Å². The molecule has 1 N–H and O–H groups in total. The third-order valence-corrected chi connectivity index (χ3v) is 4.15. The fourth-order valence-electron chi connectivity index (χ4n) is 2.27. The highest BCUT2D eigenvalue weighted by molar-refractivity contribution is 9.10. The van der Waals surface area contributed by atoms with Gasteiger partial charge in [0.2, 0.25) is 0 Å². The predicted octanol–water partition coefficient (Wildman–Crippen LogP) is 3.25. The van der Waals surface area contributed by atoms with Crippen LogP contribution in [0.5, 0.6) is 0 Å². The van der Waals surface area contributed by atoms with Crippen LogP contribution in [0.2, 0.25) is 0 Å². The molecular weight excluding hydrogens is 302 g/mol. The van der Waals surface area contributed by atoms with Crippen molar-refractivity contribution in [2.75, 3.05) is 7.05 Å². The highest BCUT2D eigenvalue weighted by atomic mass is 79.9. The van der Waals surface area contributed by atoms with Crippen molar-refractivity contribution in [2.45, 2.75) is 25.8 Å². The Morgan fingerprint density at radius 3 is 2.68 bits per heavy atom. The summed E-state index contributed by atoms with van der Waals surface area (Å²) in [6, 6.07) is 10.8. The van der Waals surface area contributed by atoms with Crippen molar-refractivity contribution in [3.63, 3.8) is 0 Å². The number of hydrogen-bond donors (Lipinski definition) is 1. The Morgan fingerprint density at radius 2 is 2.11 bits per heavy atom. The predicted molar refractivity (Wildman–Crippen MR) is 82.2 cm³/mol. The van der Waals surface area contributed by atoms with E-state index < -0.39 is 0 Å². The van der Waals surface area contributed by atoms with E-state index in [1.54, 1.807) is 0 Å². The van der Waals surface area contributed by atoms with Crippen LogP contribution in [0.4, 0.5) is 0 Å². The van der Waals surface area contributed by atoms with E-state index in [9.17, 15) is 0 Å². The molecule has 0 saturated heterocycles. The molecule has 2 rings (SSSR count). The second-order valence-electron chi connectivity index (χ2n) is 4.67. The molecule has 1 aromatic heterocycles. The lowest BCUT2D eigenvalue weighted by atomic mass is 10.0. The Kier molecular flexibility index (Phi) is 4.77. The summed E-state index contributed by atoms with van der Waals surface area (Å²) in [5.41, 5.74) is 3.69. The normalized spacial score (nSPS) is 12.6. The SMILES string of the molecule is CCc1cc(CC(NC)c2ccccc2Br)n(C)n1. The Balaban J connectivity index is 2.24. The zero-order chi connectivity index (χ0) is 13.8. The lowest BCUT2D eigenvalue weighted by Crippen LogP contribution is -2.20. The third-order valence-electron chi connectivity index (χ3n) is 3.43. The molecule has 3 nitrogen and oxygen atoms in total. The van der Waals surface area contributed by atoms with Crippen LogP contribution in [-0.4, -0.2) is 16.8 Å². The maximum Gasteiger partial charge on any atom is 0.0624 e. The first-order chi connectivity index (χ1) is 9.15. The summed E-state index contributed by atoms with van der Waals surface area (Å²) in [4.78, 5) is 0. The van der Waals surface area contributed by atoms with E-state index >= 15 is 0 Å². The first kappa shape index (κ1) is 14.3. The Morgan fingerprint density at radius 1 is 1.37 bits per heavy atom. The minimum atomic E-state index is 0.288. The Labute approximate surface area is 123 Å². The van der Waals surface area contributed by atoms with Gasteiger partial charge in [0.1, 0.15) is 0 Å². The molecular formula is C15H20BrN3. The van der Waals surface area contributed by atoms with Gasteiger partial charge in [-0.05, 0) is 31.2 Å². The summed E-state index contributed by atoms with van der Waals surface area (Å²) >= 11 is 3.63. The summed E-state index contributed by atoms with van der Waals surface area (Å²) in [5, 5.41) is 7.90. The summed E-state index contributed by atoms with van der Waals surface area (Å²) < 4.78 is 3.13. The maximum atomic E-state index is 4.51. The number of nitrogens with one attached hydrogen (secondary N) is 1. The van der Waals surface area contributed by atoms with E-state index in [2.05, 4.69) is 57.5 Å². The minimum absolute atomic E-state index is 0.288. The molecule has 0 aliphatic rings. The van der Waals surface area contributed by atoms with Crippen molar-refractivity contribution in [3.05, 3.63) is 51.8 Å². The van der Waals surface area contributed by atoms with E-state index in [0.29, 0.717) is 0 Å². The fraction of sp³-hybridized carbons (Fsp3) is 0.400. The van der Waals surface area contributed by atoms with Crippen molar-refractivity contribution in [1.29, 1.82) is 0 Å². The van der Waals surface area contributed by atoms with Crippen LogP contribution in [0.25, 0.3) is 0 Å². The van der Waals surface area contributed by atoms with Gasteiger partial charge >= 0.3 is 0 Å². The number of aromatic nitrogens is 2. The van der Waals surface area contributed by atoms with Gasteiger partial charge in [-0.15, -0.1) is 0 Å². The average Bonchev–Trinajstić information content (AvgIpc) is 2.77. The lowest BCUT2D eigenvalue weighted by Gasteiger charge is -2.18. The van der Waals surface area contributed by atoms with Gasteiger partial charge in [0.05, 0.1) is 5.69 Å². The topological polar surface area (TPSA) is 29.9 Å². The largest absolute Gasteiger partial charge is 0.313 e. The van der Waals surface area contributed by atoms with Gasteiger partial charge in [-0.2, -0.15) is 5.10 Å². The zero-order valence-corrected chi connectivity index (χ0v) is 13.2. The highest BCUT2D eigenvalue weighted by Gasteiger charge is 2.15. The van der Waals surface area contributed by atoms with E-state index in [4.69, 9.17) is 0 Å². The molecule has 1 atom stereocenters. The standard InChI is InChI=1S/C15H20BrN3/c1-4-11-9-12(19(3)18-11)10-15(17-2)13-7-5-6-8-14(13)16/h5-9,15,17H,4,10H2,1-3H3. The molecule has 2 aromatic rings. The van der Waals surface area contributed by atoms with Crippen LogP contribution in [0.3, 0.4) is 0 Å². The van der Waals surface area contributed by atoms with Gasteiger partial charge in [0, 0.05) is 29.7 Å². The van der Waals surface area contributed by atoms with Crippen LogP contribution in [-0.2, 0) is 19.9 Å². The first-order valence-electron chi connectivity index (χ1n) is 6.59. The summed E-state index contributed by atoms with van der Waals surface area (Å²) in [6.45, 7) is 2.13. The Bertz CT molecular complexity index is 548. The van der Waals surface area contributed by atoms with Gasteiger partial charge in [-0.25, -0.2) is 0 Å². The van der Waals surface area contributed by atoms with Crippen molar-refractivity contribution >= 4 is 15.9 Å². The van der Waals surface area contributed by atoms with Crippen molar-refractivity contribution in [3.8, 4) is 0 Å². The van der Waals surface area contributed by atoms with E-state index in [1.165, 1.54) is 11.3 Å². The number of halogens is 1. The van der Waals surface area contributed by atoms with E-state index in [-0.39, 0.29) is 6.04 Å². The van der Waals surface area contributed by atoms with Crippen molar-refractivity contribution in [1.82, 2.24) is 15.1 Å². The molecule has 102 valence electrons. The number of aryl methyl sites for hydroxylation is 2. The highest BCUT2D eigenvalue weighted by Crippen LogP contribution is 2.25. The fourth-order valence-corrected chi connectivity index (χ4v) is 2.83. The molecule has 0 amide bonds. The van der Waals surface area contributed by atoms with Crippen LogP contribution >= 0.6 is 15.9 Å². The molecule has 1 aromatic carbocycles. The molecule has 1 unspecified atom stereocenters.